The van der Waals surface area contributed by atoms with Crippen LogP contribution in [0.5, 0.6) is 0 Å². The van der Waals surface area contributed by atoms with Gasteiger partial charge in [-0.15, -0.1) is 0 Å². The number of hydrogen-bond donors (Lipinski definition) is 1. The molecule has 0 radical (unpaired) electrons. The first-order valence-electron chi connectivity index (χ1n) is 4.55. The summed E-state index contributed by atoms with van der Waals surface area (Å²) in [5, 5.41) is 7.43. The Kier molecular flexibility index (Phi) is 2.13. The van der Waals surface area contributed by atoms with E-state index in [-0.39, 0.29) is 0 Å². The van der Waals surface area contributed by atoms with Gasteiger partial charge in [-0.05, 0) is 31.9 Å². The molecule has 0 amide bonds. The standard InChI is InChI=1S/C9H15N3/c1-10-6-9-4-5-11-12(9)7-8-2-3-8/h4-5,8,10H,2-3,6-7H2,1H3. The Balaban J connectivity index is 2.01. The van der Waals surface area contributed by atoms with Gasteiger partial charge < -0.3 is 5.32 Å². The van der Waals surface area contributed by atoms with E-state index in [1.807, 2.05) is 13.2 Å². The largest absolute Gasteiger partial charge is 0.314 e. The highest BCUT2D eigenvalue weighted by atomic mass is 15.3. The molecule has 1 heterocycles. The zero-order valence-electron chi connectivity index (χ0n) is 7.45. The average molecular weight is 165 g/mol. The molecule has 66 valence electrons. The fraction of sp³-hybridized carbons (Fsp3) is 0.667. The normalized spacial score (nSPS) is 16.8. The van der Waals surface area contributed by atoms with E-state index >= 15 is 0 Å². The highest BCUT2D eigenvalue weighted by Gasteiger charge is 2.22. The molecule has 1 aliphatic carbocycles. The predicted octanol–water partition coefficient (Wildman–Crippen LogP) is 1.01. The second-order valence-electron chi connectivity index (χ2n) is 3.48. The third-order valence-corrected chi connectivity index (χ3v) is 2.29. The van der Waals surface area contributed by atoms with Crippen LogP contribution < -0.4 is 5.32 Å². The minimum absolute atomic E-state index is 0.903. The van der Waals surface area contributed by atoms with Gasteiger partial charge in [0.25, 0.3) is 0 Å². The molecule has 1 fully saturated rings. The van der Waals surface area contributed by atoms with Gasteiger partial charge in [-0.25, -0.2) is 0 Å². The van der Waals surface area contributed by atoms with Crippen molar-refractivity contribution in [3.05, 3.63) is 18.0 Å². The Morgan fingerprint density at radius 1 is 1.67 bits per heavy atom. The van der Waals surface area contributed by atoms with Crippen molar-refractivity contribution < 1.29 is 0 Å². The van der Waals surface area contributed by atoms with E-state index in [0.717, 1.165) is 19.0 Å². The maximum Gasteiger partial charge on any atom is 0.0522 e. The molecule has 1 aromatic heterocycles. The van der Waals surface area contributed by atoms with Gasteiger partial charge in [0.1, 0.15) is 0 Å². The Morgan fingerprint density at radius 2 is 2.50 bits per heavy atom. The van der Waals surface area contributed by atoms with Crippen LogP contribution in [0.25, 0.3) is 0 Å². The van der Waals surface area contributed by atoms with Crippen LogP contribution in [0.1, 0.15) is 18.5 Å². The van der Waals surface area contributed by atoms with Crippen molar-refractivity contribution in [2.75, 3.05) is 7.05 Å². The van der Waals surface area contributed by atoms with Crippen molar-refractivity contribution in [1.82, 2.24) is 15.1 Å². The quantitative estimate of drug-likeness (QED) is 0.721. The molecule has 0 saturated heterocycles. The SMILES string of the molecule is CNCc1ccnn1CC1CC1. The summed E-state index contributed by atoms with van der Waals surface area (Å²) < 4.78 is 2.12. The fourth-order valence-corrected chi connectivity index (χ4v) is 1.40. The van der Waals surface area contributed by atoms with Gasteiger partial charge >= 0.3 is 0 Å². The third-order valence-electron chi connectivity index (χ3n) is 2.29. The van der Waals surface area contributed by atoms with Crippen LogP contribution in [-0.4, -0.2) is 16.8 Å². The van der Waals surface area contributed by atoms with Crippen molar-refractivity contribution in [3.63, 3.8) is 0 Å². The predicted molar refractivity (Wildman–Crippen MR) is 47.7 cm³/mol. The molecular weight excluding hydrogens is 150 g/mol. The molecule has 0 aliphatic heterocycles. The van der Waals surface area contributed by atoms with Crippen molar-refractivity contribution in [2.45, 2.75) is 25.9 Å². The summed E-state index contributed by atoms with van der Waals surface area (Å²) in [5.41, 5.74) is 1.30. The number of aromatic nitrogens is 2. The highest BCUT2D eigenvalue weighted by molar-refractivity contribution is 5.00. The molecule has 0 aromatic carbocycles. The zero-order valence-corrected chi connectivity index (χ0v) is 7.45. The Morgan fingerprint density at radius 3 is 3.17 bits per heavy atom. The molecule has 1 N–H and O–H groups in total. The maximum absolute atomic E-state index is 4.29. The lowest BCUT2D eigenvalue weighted by Crippen LogP contribution is -2.13. The van der Waals surface area contributed by atoms with Crippen LogP contribution in [0, 0.1) is 5.92 Å². The topological polar surface area (TPSA) is 29.9 Å². The second kappa shape index (κ2) is 3.27. The van der Waals surface area contributed by atoms with Gasteiger partial charge in [0.2, 0.25) is 0 Å². The van der Waals surface area contributed by atoms with Gasteiger partial charge in [-0.3, -0.25) is 4.68 Å². The first-order chi connectivity index (χ1) is 5.90. The molecule has 3 heteroatoms. The van der Waals surface area contributed by atoms with Crippen LogP contribution in [0.15, 0.2) is 12.3 Å². The smallest absolute Gasteiger partial charge is 0.0522 e. The molecule has 0 spiro atoms. The molecule has 1 aromatic rings. The third kappa shape index (κ3) is 1.67. The first-order valence-corrected chi connectivity index (χ1v) is 4.55. The van der Waals surface area contributed by atoms with Crippen molar-refractivity contribution >= 4 is 0 Å². The van der Waals surface area contributed by atoms with Crippen molar-refractivity contribution in [2.24, 2.45) is 5.92 Å². The number of nitrogens with one attached hydrogen (secondary N) is 1. The fourth-order valence-electron chi connectivity index (χ4n) is 1.40. The van der Waals surface area contributed by atoms with Crippen LogP contribution in [-0.2, 0) is 13.1 Å². The number of hydrogen-bond acceptors (Lipinski definition) is 2. The van der Waals surface area contributed by atoms with E-state index in [9.17, 15) is 0 Å². The maximum atomic E-state index is 4.29. The molecule has 0 atom stereocenters. The van der Waals surface area contributed by atoms with Gasteiger partial charge in [-0.2, -0.15) is 5.10 Å². The summed E-state index contributed by atoms with van der Waals surface area (Å²) in [7, 11) is 1.97. The summed E-state index contributed by atoms with van der Waals surface area (Å²) in [5.74, 6) is 0.903. The highest BCUT2D eigenvalue weighted by Crippen LogP contribution is 2.30. The second-order valence-corrected chi connectivity index (χ2v) is 3.48. The summed E-state index contributed by atoms with van der Waals surface area (Å²) in [6.45, 7) is 2.04. The first kappa shape index (κ1) is 7.80. The van der Waals surface area contributed by atoms with Gasteiger partial charge in [0, 0.05) is 19.3 Å². The number of nitrogens with zero attached hydrogens (tertiary/aromatic N) is 2. The Hall–Kier alpha value is -0.830. The van der Waals surface area contributed by atoms with E-state index in [1.54, 1.807) is 0 Å². The van der Waals surface area contributed by atoms with E-state index < -0.39 is 0 Å². The molecule has 0 bridgehead atoms. The van der Waals surface area contributed by atoms with E-state index in [4.69, 9.17) is 0 Å². The number of rotatable bonds is 4. The summed E-state index contributed by atoms with van der Waals surface area (Å²) in [6.07, 6.45) is 4.66. The van der Waals surface area contributed by atoms with Crippen molar-refractivity contribution in [3.8, 4) is 0 Å². The molecule has 2 rings (SSSR count). The minimum Gasteiger partial charge on any atom is -0.314 e. The molecular formula is C9H15N3. The molecule has 3 nitrogen and oxygen atoms in total. The average Bonchev–Trinajstić information content (AvgIpc) is 2.76. The molecule has 1 saturated carbocycles. The lowest BCUT2D eigenvalue weighted by atomic mass is 10.4. The van der Waals surface area contributed by atoms with Crippen molar-refractivity contribution in [1.29, 1.82) is 0 Å². The van der Waals surface area contributed by atoms with Crippen LogP contribution in [0.2, 0.25) is 0 Å². The molecule has 1 aliphatic rings. The summed E-state index contributed by atoms with van der Waals surface area (Å²) in [4.78, 5) is 0. The monoisotopic (exact) mass is 165 g/mol. The van der Waals surface area contributed by atoms with E-state index in [0.29, 0.717) is 0 Å². The van der Waals surface area contributed by atoms with Gasteiger partial charge in [0.05, 0.1) is 5.69 Å². The Labute approximate surface area is 72.8 Å². The molecule has 0 unspecified atom stereocenters. The molecule has 12 heavy (non-hydrogen) atoms. The summed E-state index contributed by atoms with van der Waals surface area (Å²) in [6, 6.07) is 2.08. The lowest BCUT2D eigenvalue weighted by Gasteiger charge is -2.04. The summed E-state index contributed by atoms with van der Waals surface area (Å²) >= 11 is 0. The van der Waals surface area contributed by atoms with Crippen LogP contribution in [0.3, 0.4) is 0 Å². The zero-order chi connectivity index (χ0) is 8.39. The van der Waals surface area contributed by atoms with Crippen LogP contribution >= 0.6 is 0 Å². The minimum atomic E-state index is 0.903. The van der Waals surface area contributed by atoms with Crippen LogP contribution in [0.4, 0.5) is 0 Å². The van der Waals surface area contributed by atoms with E-state index in [2.05, 4.69) is 21.2 Å². The van der Waals surface area contributed by atoms with Gasteiger partial charge in [0.15, 0.2) is 0 Å². The Bertz CT molecular complexity index is 250. The lowest BCUT2D eigenvalue weighted by molar-refractivity contribution is 0.531. The van der Waals surface area contributed by atoms with Gasteiger partial charge in [-0.1, -0.05) is 0 Å². The van der Waals surface area contributed by atoms with E-state index in [1.165, 1.54) is 18.5 Å².